The summed E-state index contributed by atoms with van der Waals surface area (Å²) in [6.45, 7) is 4.29. The molecule has 0 fully saturated rings. The van der Waals surface area contributed by atoms with Crippen LogP contribution in [0.3, 0.4) is 0 Å². The maximum Gasteiger partial charge on any atom is 0.298 e. The van der Waals surface area contributed by atoms with Crippen LogP contribution in [0.15, 0.2) is 22.6 Å². The molecule has 1 aromatic heterocycles. The number of methoxy groups -OCH3 is 1. The van der Waals surface area contributed by atoms with Crippen molar-refractivity contribution in [3.63, 3.8) is 0 Å². The smallest absolute Gasteiger partial charge is 0.298 e. The molecule has 2 N–H and O–H groups in total. The van der Waals surface area contributed by atoms with Crippen LogP contribution in [0.4, 0.5) is 11.7 Å². The number of hydrogen-bond acceptors (Lipinski definition) is 5. The van der Waals surface area contributed by atoms with Gasteiger partial charge in [0.2, 0.25) is 0 Å². The minimum Gasteiger partial charge on any atom is -0.423 e. The van der Waals surface area contributed by atoms with Gasteiger partial charge in [-0.1, -0.05) is 0 Å². The zero-order valence-corrected chi connectivity index (χ0v) is 10.1. The average Bonchev–Trinajstić information content (AvgIpc) is 2.72. The molecule has 0 radical (unpaired) electrons. The van der Waals surface area contributed by atoms with Gasteiger partial charge in [-0.05, 0) is 19.1 Å². The van der Waals surface area contributed by atoms with E-state index in [2.05, 4.69) is 11.9 Å². The maximum absolute atomic E-state index is 5.70. The minimum atomic E-state index is 0.616. The first kappa shape index (κ1) is 11.7. The molecule has 5 heteroatoms. The van der Waals surface area contributed by atoms with Crippen LogP contribution in [0, 0.1) is 0 Å². The summed E-state index contributed by atoms with van der Waals surface area (Å²) in [7, 11) is 1.68. The first-order chi connectivity index (χ1) is 8.24. The molecule has 0 aliphatic carbocycles. The largest absolute Gasteiger partial charge is 0.423 e. The summed E-state index contributed by atoms with van der Waals surface area (Å²) >= 11 is 0. The number of nitrogens with two attached hydrogens (primary N) is 1. The third kappa shape index (κ3) is 2.50. The van der Waals surface area contributed by atoms with Gasteiger partial charge in [0.05, 0.1) is 6.61 Å². The van der Waals surface area contributed by atoms with Gasteiger partial charge in [-0.25, -0.2) is 0 Å². The number of aromatic nitrogens is 1. The number of rotatable bonds is 5. The number of likely N-dealkylation sites (N-methyl/N-ethyl adjacent to an activating group) is 1. The fraction of sp³-hybridized carbons (Fsp3) is 0.417. The highest BCUT2D eigenvalue weighted by atomic mass is 16.5. The van der Waals surface area contributed by atoms with Gasteiger partial charge in [0, 0.05) is 32.0 Å². The zero-order chi connectivity index (χ0) is 12.3. The first-order valence-corrected chi connectivity index (χ1v) is 5.64. The molecular formula is C12H17N3O2. The molecule has 0 aliphatic heterocycles. The normalized spacial score (nSPS) is 10.9. The van der Waals surface area contributed by atoms with Crippen LogP contribution in [0.25, 0.3) is 11.1 Å². The summed E-state index contributed by atoms with van der Waals surface area (Å²) < 4.78 is 10.7. The van der Waals surface area contributed by atoms with Gasteiger partial charge in [0.1, 0.15) is 5.52 Å². The third-order valence-electron chi connectivity index (χ3n) is 2.62. The second kappa shape index (κ2) is 5.05. The highest BCUT2D eigenvalue weighted by Gasteiger charge is 2.12. The number of nitrogens with zero attached hydrogens (tertiary/aromatic N) is 2. The molecule has 2 aromatic rings. The predicted octanol–water partition coefficient (Wildman–Crippen LogP) is 1.88. The number of ether oxygens (including phenoxy) is 1. The lowest BCUT2D eigenvalue weighted by Gasteiger charge is -2.17. The van der Waals surface area contributed by atoms with Crippen LogP contribution < -0.4 is 10.6 Å². The van der Waals surface area contributed by atoms with Gasteiger partial charge < -0.3 is 19.8 Å². The third-order valence-corrected chi connectivity index (χ3v) is 2.62. The predicted molar refractivity (Wildman–Crippen MR) is 68.2 cm³/mol. The Morgan fingerprint density at radius 1 is 1.47 bits per heavy atom. The topological polar surface area (TPSA) is 64.5 Å². The van der Waals surface area contributed by atoms with Crippen molar-refractivity contribution >= 4 is 22.8 Å². The highest BCUT2D eigenvalue weighted by Crippen LogP contribution is 2.23. The van der Waals surface area contributed by atoms with Crippen molar-refractivity contribution in [1.82, 2.24) is 4.98 Å². The fourth-order valence-corrected chi connectivity index (χ4v) is 1.65. The Morgan fingerprint density at radius 2 is 2.29 bits per heavy atom. The molecule has 0 saturated heterocycles. The molecule has 0 bridgehead atoms. The summed E-state index contributed by atoms with van der Waals surface area (Å²) in [5, 5.41) is 0. The molecule has 2 rings (SSSR count). The van der Waals surface area contributed by atoms with Crippen molar-refractivity contribution in [2.45, 2.75) is 6.92 Å². The van der Waals surface area contributed by atoms with Crippen LogP contribution in [0.1, 0.15) is 6.92 Å². The Morgan fingerprint density at radius 3 is 3.00 bits per heavy atom. The average molecular weight is 235 g/mol. The molecule has 1 heterocycles. The van der Waals surface area contributed by atoms with E-state index in [1.54, 1.807) is 13.2 Å². The molecule has 1 aromatic carbocycles. The van der Waals surface area contributed by atoms with E-state index < -0.39 is 0 Å². The molecule has 17 heavy (non-hydrogen) atoms. The van der Waals surface area contributed by atoms with Gasteiger partial charge in [-0.15, -0.1) is 0 Å². The molecule has 0 unspecified atom stereocenters. The lowest BCUT2D eigenvalue weighted by atomic mass is 10.3. The number of hydrogen-bond donors (Lipinski definition) is 1. The highest BCUT2D eigenvalue weighted by molar-refractivity contribution is 5.78. The lowest BCUT2D eigenvalue weighted by molar-refractivity contribution is 0.204. The van der Waals surface area contributed by atoms with Gasteiger partial charge in [0.15, 0.2) is 5.58 Å². The SMILES string of the molecule is CCN(CCOC)c1nc2ccc(N)cc2o1. The lowest BCUT2D eigenvalue weighted by Crippen LogP contribution is -2.26. The standard InChI is InChI=1S/C12H17N3O2/c1-3-15(6-7-16-2)12-14-10-5-4-9(13)8-11(10)17-12/h4-5,8H,3,6-7,13H2,1-2H3. The Kier molecular flexibility index (Phi) is 3.49. The van der Waals surface area contributed by atoms with E-state index in [4.69, 9.17) is 14.9 Å². The molecule has 92 valence electrons. The van der Waals surface area contributed by atoms with Gasteiger partial charge in [-0.2, -0.15) is 4.98 Å². The molecule has 0 saturated carbocycles. The van der Waals surface area contributed by atoms with Crippen LogP contribution >= 0.6 is 0 Å². The second-order valence-electron chi connectivity index (χ2n) is 3.80. The fourth-order valence-electron chi connectivity index (χ4n) is 1.65. The van der Waals surface area contributed by atoms with Crippen molar-refractivity contribution in [2.24, 2.45) is 0 Å². The van der Waals surface area contributed by atoms with Crippen LogP contribution in [0.5, 0.6) is 0 Å². The Bertz CT molecular complexity index is 495. The quantitative estimate of drug-likeness (QED) is 0.802. The van der Waals surface area contributed by atoms with Crippen LogP contribution in [0.2, 0.25) is 0 Å². The van der Waals surface area contributed by atoms with Crippen molar-refractivity contribution in [1.29, 1.82) is 0 Å². The number of anilines is 2. The minimum absolute atomic E-state index is 0.616. The maximum atomic E-state index is 5.70. The van der Waals surface area contributed by atoms with E-state index in [1.807, 2.05) is 17.0 Å². The van der Waals surface area contributed by atoms with E-state index in [0.717, 1.165) is 24.2 Å². The van der Waals surface area contributed by atoms with Crippen LogP contribution in [-0.2, 0) is 4.74 Å². The van der Waals surface area contributed by atoms with Gasteiger partial charge in [0.25, 0.3) is 6.01 Å². The van der Waals surface area contributed by atoms with Crippen molar-refractivity contribution in [2.75, 3.05) is 37.4 Å². The van der Waals surface area contributed by atoms with E-state index in [0.29, 0.717) is 18.3 Å². The van der Waals surface area contributed by atoms with Crippen molar-refractivity contribution in [3.8, 4) is 0 Å². The molecule has 0 atom stereocenters. The molecule has 5 nitrogen and oxygen atoms in total. The molecule has 0 amide bonds. The molecule has 0 spiro atoms. The van der Waals surface area contributed by atoms with Crippen molar-refractivity contribution in [3.05, 3.63) is 18.2 Å². The Balaban J connectivity index is 2.27. The number of fused-ring (bicyclic) bond motifs is 1. The Hall–Kier alpha value is -1.75. The summed E-state index contributed by atoms with van der Waals surface area (Å²) in [5.41, 5.74) is 7.92. The van der Waals surface area contributed by atoms with Gasteiger partial charge in [-0.3, -0.25) is 0 Å². The molecule has 0 aliphatic rings. The van der Waals surface area contributed by atoms with E-state index in [-0.39, 0.29) is 0 Å². The van der Waals surface area contributed by atoms with E-state index >= 15 is 0 Å². The summed E-state index contributed by atoms with van der Waals surface area (Å²) in [6.07, 6.45) is 0. The summed E-state index contributed by atoms with van der Waals surface area (Å²) in [5.74, 6) is 0. The van der Waals surface area contributed by atoms with E-state index in [9.17, 15) is 0 Å². The second-order valence-corrected chi connectivity index (χ2v) is 3.80. The first-order valence-electron chi connectivity index (χ1n) is 5.64. The Labute approximate surface area is 100 Å². The van der Waals surface area contributed by atoms with Gasteiger partial charge >= 0.3 is 0 Å². The summed E-state index contributed by atoms with van der Waals surface area (Å²) in [6, 6.07) is 6.09. The van der Waals surface area contributed by atoms with Crippen LogP contribution in [-0.4, -0.2) is 31.8 Å². The number of benzene rings is 1. The van der Waals surface area contributed by atoms with Crippen molar-refractivity contribution < 1.29 is 9.15 Å². The number of nitrogen functional groups attached to an aromatic ring is 1. The summed E-state index contributed by atoms with van der Waals surface area (Å²) in [4.78, 5) is 6.45. The van der Waals surface area contributed by atoms with E-state index in [1.165, 1.54) is 0 Å². The number of oxazole rings is 1. The zero-order valence-electron chi connectivity index (χ0n) is 10.1. The monoisotopic (exact) mass is 235 g/mol. The molecular weight excluding hydrogens is 218 g/mol.